The van der Waals surface area contributed by atoms with Crippen LogP contribution in [-0.4, -0.2) is 30.0 Å². The van der Waals surface area contributed by atoms with E-state index in [0.717, 1.165) is 12.0 Å². The van der Waals surface area contributed by atoms with Crippen molar-refractivity contribution in [3.63, 3.8) is 0 Å². The number of rotatable bonds is 6. The number of esters is 1. The van der Waals surface area contributed by atoms with E-state index < -0.39 is 11.9 Å². The number of carbonyl (C=O) groups is 2. The molecule has 3 rings (SSSR count). The predicted molar refractivity (Wildman–Crippen MR) is 100 cm³/mol. The molecule has 1 aromatic carbocycles. The Bertz CT molecular complexity index is 799. The highest BCUT2D eigenvalue weighted by Gasteiger charge is 2.39. The number of halogens is 2. The fourth-order valence-corrected chi connectivity index (χ4v) is 3.31. The van der Waals surface area contributed by atoms with Crippen molar-refractivity contribution in [1.82, 2.24) is 4.98 Å². The zero-order valence-corrected chi connectivity index (χ0v) is 15.5. The molecule has 1 unspecified atom stereocenters. The summed E-state index contributed by atoms with van der Waals surface area (Å²) in [7, 11) is 0. The van der Waals surface area contributed by atoms with Crippen LogP contribution >= 0.6 is 23.2 Å². The Morgan fingerprint density at radius 2 is 2.15 bits per heavy atom. The zero-order chi connectivity index (χ0) is 18.5. The second kappa shape index (κ2) is 8.52. The summed E-state index contributed by atoms with van der Waals surface area (Å²) in [5, 5.41) is 0.909. The van der Waals surface area contributed by atoms with Crippen LogP contribution < -0.4 is 4.90 Å². The van der Waals surface area contributed by atoms with Gasteiger partial charge in [0, 0.05) is 24.0 Å². The van der Waals surface area contributed by atoms with Crippen LogP contribution in [0.2, 0.25) is 10.0 Å². The summed E-state index contributed by atoms with van der Waals surface area (Å²) < 4.78 is 5.29. The number of nitrogens with zero attached hydrogens (tertiary/aromatic N) is 2. The van der Waals surface area contributed by atoms with Gasteiger partial charge in [-0.25, -0.2) is 0 Å². The molecule has 1 amide bonds. The maximum Gasteiger partial charge on any atom is 0.318 e. The van der Waals surface area contributed by atoms with E-state index in [2.05, 4.69) is 4.98 Å². The Labute approximate surface area is 161 Å². The first-order valence-corrected chi connectivity index (χ1v) is 9.14. The fraction of sp³-hybridized carbons (Fsp3) is 0.316. The van der Waals surface area contributed by atoms with Crippen molar-refractivity contribution in [2.24, 2.45) is 5.92 Å². The molecule has 1 saturated heterocycles. The van der Waals surface area contributed by atoms with Gasteiger partial charge < -0.3 is 9.64 Å². The average molecular weight is 393 g/mol. The number of benzene rings is 1. The van der Waals surface area contributed by atoms with Crippen molar-refractivity contribution in [2.75, 3.05) is 18.1 Å². The molecular formula is C19H18Cl2N2O3. The highest BCUT2D eigenvalue weighted by atomic mass is 35.5. The highest BCUT2D eigenvalue weighted by Crippen LogP contribution is 2.33. The van der Waals surface area contributed by atoms with Gasteiger partial charge in [-0.3, -0.25) is 14.6 Å². The van der Waals surface area contributed by atoms with Crippen molar-refractivity contribution in [3.8, 4) is 0 Å². The molecule has 0 spiro atoms. The van der Waals surface area contributed by atoms with Crippen LogP contribution in [0.3, 0.4) is 0 Å². The molecule has 1 atom stereocenters. The number of hydrogen-bond acceptors (Lipinski definition) is 4. The van der Waals surface area contributed by atoms with Crippen molar-refractivity contribution >= 4 is 40.8 Å². The number of amides is 1. The molecule has 0 saturated carbocycles. The van der Waals surface area contributed by atoms with Gasteiger partial charge in [0.15, 0.2) is 0 Å². The monoisotopic (exact) mass is 392 g/mol. The number of anilines is 1. The van der Waals surface area contributed by atoms with Gasteiger partial charge in [0.25, 0.3) is 0 Å². The largest absolute Gasteiger partial charge is 0.465 e. The number of ether oxygens (including phenoxy) is 1. The number of aromatic nitrogens is 1. The Hall–Kier alpha value is -2.11. The second-order valence-corrected chi connectivity index (χ2v) is 6.90. The first-order chi connectivity index (χ1) is 12.6. The number of hydrogen-bond donors (Lipinski definition) is 0. The van der Waals surface area contributed by atoms with Gasteiger partial charge in [-0.1, -0.05) is 29.3 Å². The summed E-state index contributed by atoms with van der Waals surface area (Å²) in [6.45, 7) is 0.684. The lowest BCUT2D eigenvalue weighted by Crippen LogP contribution is -2.31. The molecule has 1 aliphatic heterocycles. The standard InChI is InChI=1S/C19H18Cl2N2O3/c20-14-5-6-16(21)17(11-14)23-9-7-15(18(23)24)19(25)26-10-2-4-13-3-1-8-22-12-13/h1,3,5-6,8,11-12,15H,2,4,7,9-10H2. The number of carbonyl (C=O) groups excluding carboxylic acids is 2. The van der Waals surface area contributed by atoms with E-state index in [-0.39, 0.29) is 12.5 Å². The van der Waals surface area contributed by atoms with Crippen LogP contribution in [0.25, 0.3) is 0 Å². The van der Waals surface area contributed by atoms with E-state index >= 15 is 0 Å². The van der Waals surface area contributed by atoms with E-state index in [1.54, 1.807) is 30.6 Å². The van der Waals surface area contributed by atoms with Gasteiger partial charge in [-0.2, -0.15) is 0 Å². The van der Waals surface area contributed by atoms with E-state index in [9.17, 15) is 9.59 Å². The Kier molecular flexibility index (Phi) is 6.12. The van der Waals surface area contributed by atoms with E-state index in [1.807, 2.05) is 12.1 Å². The minimum absolute atomic E-state index is 0.273. The van der Waals surface area contributed by atoms with E-state index in [0.29, 0.717) is 35.1 Å². The summed E-state index contributed by atoms with van der Waals surface area (Å²) in [6, 6.07) is 8.76. The lowest BCUT2D eigenvalue weighted by atomic mass is 10.1. The summed E-state index contributed by atoms with van der Waals surface area (Å²) in [4.78, 5) is 30.4. The minimum atomic E-state index is -0.788. The zero-order valence-electron chi connectivity index (χ0n) is 14.0. The third kappa shape index (κ3) is 4.34. The maximum absolute atomic E-state index is 12.6. The first-order valence-electron chi connectivity index (χ1n) is 8.38. The number of pyridine rings is 1. The van der Waals surface area contributed by atoms with Crippen LogP contribution in [0.5, 0.6) is 0 Å². The van der Waals surface area contributed by atoms with Crippen LogP contribution in [0.15, 0.2) is 42.7 Å². The quantitative estimate of drug-likeness (QED) is 0.424. The van der Waals surface area contributed by atoms with Crippen molar-refractivity contribution in [2.45, 2.75) is 19.3 Å². The maximum atomic E-state index is 12.6. The SMILES string of the molecule is O=C(OCCCc1cccnc1)C1CCN(c2cc(Cl)ccc2Cl)C1=O. The molecule has 1 aromatic heterocycles. The van der Waals surface area contributed by atoms with E-state index in [1.165, 1.54) is 4.90 Å². The molecular weight excluding hydrogens is 375 g/mol. The predicted octanol–water partition coefficient (Wildman–Crippen LogP) is 3.92. The normalized spacial score (nSPS) is 16.8. The average Bonchev–Trinajstić information content (AvgIpc) is 3.03. The third-order valence-corrected chi connectivity index (χ3v) is 4.82. The van der Waals surface area contributed by atoms with Crippen molar-refractivity contribution < 1.29 is 14.3 Å². The molecule has 0 N–H and O–H groups in total. The van der Waals surface area contributed by atoms with Crippen LogP contribution in [-0.2, 0) is 20.7 Å². The molecule has 7 heteroatoms. The lowest BCUT2D eigenvalue weighted by Gasteiger charge is -2.18. The van der Waals surface area contributed by atoms with E-state index in [4.69, 9.17) is 27.9 Å². The molecule has 26 heavy (non-hydrogen) atoms. The van der Waals surface area contributed by atoms with Gasteiger partial charge in [-0.05, 0) is 49.1 Å². The van der Waals surface area contributed by atoms with Crippen LogP contribution in [0.1, 0.15) is 18.4 Å². The van der Waals surface area contributed by atoms with Crippen molar-refractivity contribution in [1.29, 1.82) is 0 Å². The first kappa shape index (κ1) is 18.7. The summed E-state index contributed by atoms with van der Waals surface area (Å²) in [6.07, 6.45) is 5.36. The molecule has 2 aromatic rings. The topological polar surface area (TPSA) is 59.5 Å². The van der Waals surface area contributed by atoms with Gasteiger partial charge in [0.1, 0.15) is 5.92 Å². The van der Waals surface area contributed by atoms with Gasteiger partial charge in [-0.15, -0.1) is 0 Å². The Morgan fingerprint density at radius 1 is 1.31 bits per heavy atom. The summed E-state index contributed by atoms with van der Waals surface area (Å²) in [5.74, 6) is -1.57. The van der Waals surface area contributed by atoms with Gasteiger partial charge in [0.05, 0.1) is 17.3 Å². The lowest BCUT2D eigenvalue weighted by molar-refractivity contribution is -0.150. The third-order valence-electron chi connectivity index (χ3n) is 4.27. The molecule has 1 aliphatic rings. The molecule has 0 aliphatic carbocycles. The molecule has 5 nitrogen and oxygen atoms in total. The van der Waals surface area contributed by atoms with Gasteiger partial charge >= 0.3 is 5.97 Å². The number of aryl methyl sites for hydroxylation is 1. The molecule has 0 radical (unpaired) electrons. The molecule has 136 valence electrons. The molecule has 0 bridgehead atoms. The highest BCUT2D eigenvalue weighted by molar-refractivity contribution is 6.36. The fourth-order valence-electron chi connectivity index (χ4n) is 2.93. The second-order valence-electron chi connectivity index (χ2n) is 6.06. The molecule has 2 heterocycles. The van der Waals surface area contributed by atoms with Crippen LogP contribution in [0, 0.1) is 5.92 Å². The molecule has 1 fully saturated rings. The Morgan fingerprint density at radius 3 is 2.92 bits per heavy atom. The summed E-state index contributed by atoms with van der Waals surface area (Å²) >= 11 is 12.1. The van der Waals surface area contributed by atoms with Crippen molar-refractivity contribution in [3.05, 3.63) is 58.3 Å². The van der Waals surface area contributed by atoms with Gasteiger partial charge in [0.2, 0.25) is 5.91 Å². The Balaban J connectivity index is 1.52. The van der Waals surface area contributed by atoms with Crippen LogP contribution in [0.4, 0.5) is 5.69 Å². The smallest absolute Gasteiger partial charge is 0.318 e. The minimum Gasteiger partial charge on any atom is -0.465 e. The summed E-state index contributed by atoms with van der Waals surface area (Å²) in [5.41, 5.74) is 1.61.